The van der Waals surface area contributed by atoms with Crippen molar-refractivity contribution in [2.24, 2.45) is 5.92 Å². The van der Waals surface area contributed by atoms with Crippen LogP contribution in [0.15, 0.2) is 54.6 Å². The average molecular weight is 410 g/mol. The maximum absolute atomic E-state index is 13.1. The Kier molecular flexibility index (Phi) is 6.16. The third-order valence-electron chi connectivity index (χ3n) is 5.87. The van der Waals surface area contributed by atoms with Crippen LogP contribution < -0.4 is 10.2 Å². The third-order valence-corrected chi connectivity index (χ3v) is 5.87. The molecule has 2 fully saturated rings. The molecule has 0 bridgehead atoms. The number of nitrogens with zero attached hydrogens (tertiary/aromatic N) is 3. The van der Waals surface area contributed by atoms with Crippen molar-refractivity contribution in [1.82, 2.24) is 9.80 Å². The second-order valence-electron chi connectivity index (χ2n) is 7.87. The minimum absolute atomic E-state index is 0.131. The normalized spacial score (nSPS) is 19.5. The number of piperazine rings is 1. The number of para-hydroxylation sites is 1. The van der Waals surface area contributed by atoms with E-state index in [1.54, 1.807) is 17.0 Å². The highest BCUT2D eigenvalue weighted by molar-refractivity contribution is 5.90. The zero-order valence-electron chi connectivity index (χ0n) is 17.0. The molecule has 2 heterocycles. The molecule has 2 aliphatic rings. The van der Waals surface area contributed by atoms with E-state index in [1.165, 1.54) is 12.1 Å². The predicted octanol–water partition coefficient (Wildman–Crippen LogP) is 3.42. The van der Waals surface area contributed by atoms with E-state index in [2.05, 4.69) is 10.2 Å². The standard InChI is InChI=1S/C23H27FN4O2/c24-19-8-10-21(11-9-19)26-13-15-27(16-14-26)22(29)18-5-4-12-28(17-18)23(30)25-20-6-2-1-3-7-20/h1-3,6-11,18H,4-5,12-17H2,(H,25,30)/t18-/m0/s1. The molecule has 0 saturated carbocycles. The summed E-state index contributed by atoms with van der Waals surface area (Å²) in [7, 11) is 0. The Morgan fingerprint density at radius 1 is 0.867 bits per heavy atom. The molecule has 0 unspecified atom stereocenters. The quantitative estimate of drug-likeness (QED) is 0.844. The molecule has 30 heavy (non-hydrogen) atoms. The van der Waals surface area contributed by atoms with Crippen LogP contribution in [-0.4, -0.2) is 61.0 Å². The lowest BCUT2D eigenvalue weighted by Crippen LogP contribution is -2.53. The summed E-state index contributed by atoms with van der Waals surface area (Å²) in [5.41, 5.74) is 1.73. The second-order valence-corrected chi connectivity index (χ2v) is 7.87. The van der Waals surface area contributed by atoms with Gasteiger partial charge in [0.05, 0.1) is 5.92 Å². The fraction of sp³-hybridized carbons (Fsp3) is 0.391. The number of urea groups is 1. The smallest absolute Gasteiger partial charge is 0.321 e. The van der Waals surface area contributed by atoms with E-state index in [-0.39, 0.29) is 23.7 Å². The number of rotatable bonds is 3. The van der Waals surface area contributed by atoms with E-state index in [0.717, 1.165) is 37.3 Å². The van der Waals surface area contributed by atoms with Gasteiger partial charge < -0.3 is 20.0 Å². The Bertz CT molecular complexity index is 867. The predicted molar refractivity (Wildman–Crippen MR) is 115 cm³/mol. The molecule has 158 valence electrons. The molecule has 2 aromatic rings. The van der Waals surface area contributed by atoms with Gasteiger partial charge in [-0.1, -0.05) is 18.2 Å². The summed E-state index contributed by atoms with van der Waals surface area (Å²) in [5.74, 6) is -0.269. The lowest BCUT2D eigenvalue weighted by atomic mass is 9.96. The average Bonchev–Trinajstić information content (AvgIpc) is 2.80. The summed E-state index contributed by atoms with van der Waals surface area (Å²) < 4.78 is 13.1. The Labute approximate surface area is 176 Å². The topological polar surface area (TPSA) is 55.9 Å². The Hall–Kier alpha value is -3.09. The van der Waals surface area contributed by atoms with E-state index in [1.807, 2.05) is 35.2 Å². The number of piperidine rings is 1. The number of hydrogen-bond acceptors (Lipinski definition) is 3. The van der Waals surface area contributed by atoms with Crippen molar-refractivity contribution in [1.29, 1.82) is 0 Å². The minimum atomic E-state index is -0.245. The highest BCUT2D eigenvalue weighted by atomic mass is 19.1. The van der Waals surface area contributed by atoms with E-state index >= 15 is 0 Å². The van der Waals surface area contributed by atoms with Gasteiger partial charge in [-0.05, 0) is 49.2 Å². The molecule has 7 heteroatoms. The van der Waals surface area contributed by atoms with Crippen molar-refractivity contribution in [3.8, 4) is 0 Å². The summed E-state index contributed by atoms with van der Waals surface area (Å²) >= 11 is 0. The van der Waals surface area contributed by atoms with Gasteiger partial charge in [0, 0.05) is 50.6 Å². The molecule has 0 aromatic heterocycles. The Balaban J connectivity index is 1.30. The van der Waals surface area contributed by atoms with Gasteiger partial charge in [0.2, 0.25) is 5.91 Å². The first-order chi connectivity index (χ1) is 14.6. The number of carbonyl (C=O) groups excluding carboxylic acids is 2. The molecule has 1 N–H and O–H groups in total. The maximum atomic E-state index is 13.1. The Morgan fingerprint density at radius 3 is 2.27 bits per heavy atom. The first-order valence-corrected chi connectivity index (χ1v) is 10.5. The molecule has 0 radical (unpaired) electrons. The molecular weight excluding hydrogens is 383 g/mol. The van der Waals surface area contributed by atoms with Crippen LogP contribution in [-0.2, 0) is 4.79 Å². The molecule has 3 amide bonds. The summed E-state index contributed by atoms with van der Waals surface area (Å²) in [6.07, 6.45) is 1.64. The minimum Gasteiger partial charge on any atom is -0.368 e. The number of benzene rings is 2. The van der Waals surface area contributed by atoms with Crippen molar-refractivity contribution >= 4 is 23.3 Å². The van der Waals surface area contributed by atoms with Gasteiger partial charge in [0.15, 0.2) is 0 Å². The van der Waals surface area contributed by atoms with Crippen molar-refractivity contribution in [2.75, 3.05) is 49.5 Å². The van der Waals surface area contributed by atoms with Crippen LogP contribution in [0.4, 0.5) is 20.6 Å². The van der Waals surface area contributed by atoms with E-state index in [9.17, 15) is 14.0 Å². The highest BCUT2D eigenvalue weighted by Gasteiger charge is 2.32. The Morgan fingerprint density at radius 2 is 1.57 bits per heavy atom. The number of halogens is 1. The van der Waals surface area contributed by atoms with Gasteiger partial charge >= 0.3 is 6.03 Å². The molecule has 0 spiro atoms. The van der Waals surface area contributed by atoms with E-state index in [0.29, 0.717) is 26.2 Å². The van der Waals surface area contributed by atoms with Gasteiger partial charge in [-0.2, -0.15) is 0 Å². The van der Waals surface area contributed by atoms with E-state index < -0.39 is 0 Å². The van der Waals surface area contributed by atoms with Crippen molar-refractivity contribution in [3.63, 3.8) is 0 Å². The highest BCUT2D eigenvalue weighted by Crippen LogP contribution is 2.22. The summed E-state index contributed by atoms with van der Waals surface area (Å²) in [6.45, 7) is 3.85. The molecule has 2 saturated heterocycles. The SMILES string of the molecule is O=C(Nc1ccccc1)N1CCC[C@H](C(=O)N2CCN(c3ccc(F)cc3)CC2)C1. The zero-order valence-corrected chi connectivity index (χ0v) is 17.0. The zero-order chi connectivity index (χ0) is 20.9. The van der Waals surface area contributed by atoms with Crippen molar-refractivity contribution in [3.05, 3.63) is 60.4 Å². The molecule has 2 aromatic carbocycles. The molecule has 4 rings (SSSR count). The first-order valence-electron chi connectivity index (χ1n) is 10.5. The van der Waals surface area contributed by atoms with Crippen LogP contribution in [0, 0.1) is 11.7 Å². The van der Waals surface area contributed by atoms with Gasteiger partial charge in [-0.15, -0.1) is 0 Å². The van der Waals surface area contributed by atoms with Crippen LogP contribution in [0.25, 0.3) is 0 Å². The van der Waals surface area contributed by atoms with Crippen LogP contribution >= 0.6 is 0 Å². The van der Waals surface area contributed by atoms with Gasteiger partial charge in [0.1, 0.15) is 5.82 Å². The fourth-order valence-electron chi connectivity index (χ4n) is 4.18. The molecule has 2 aliphatic heterocycles. The number of anilines is 2. The summed E-state index contributed by atoms with van der Waals surface area (Å²) in [6, 6.07) is 15.7. The second kappa shape index (κ2) is 9.15. The number of carbonyl (C=O) groups is 2. The van der Waals surface area contributed by atoms with Crippen LogP contribution in [0.3, 0.4) is 0 Å². The number of likely N-dealkylation sites (tertiary alicyclic amines) is 1. The molecule has 1 atom stereocenters. The lowest BCUT2D eigenvalue weighted by molar-refractivity contribution is -0.137. The van der Waals surface area contributed by atoms with E-state index in [4.69, 9.17) is 0 Å². The van der Waals surface area contributed by atoms with Gasteiger partial charge in [0.25, 0.3) is 0 Å². The molecule has 6 nitrogen and oxygen atoms in total. The first kappa shape index (κ1) is 20.2. The lowest BCUT2D eigenvalue weighted by Gasteiger charge is -2.39. The van der Waals surface area contributed by atoms with Crippen LogP contribution in [0.2, 0.25) is 0 Å². The third kappa shape index (κ3) is 4.72. The number of amides is 3. The summed E-state index contributed by atoms with van der Waals surface area (Å²) in [5, 5.41) is 2.91. The van der Waals surface area contributed by atoms with Crippen molar-refractivity contribution in [2.45, 2.75) is 12.8 Å². The summed E-state index contributed by atoms with van der Waals surface area (Å²) in [4.78, 5) is 31.5. The maximum Gasteiger partial charge on any atom is 0.321 e. The fourth-order valence-corrected chi connectivity index (χ4v) is 4.18. The van der Waals surface area contributed by atoms with Crippen LogP contribution in [0.5, 0.6) is 0 Å². The number of hydrogen-bond donors (Lipinski definition) is 1. The van der Waals surface area contributed by atoms with Gasteiger partial charge in [-0.25, -0.2) is 9.18 Å². The monoisotopic (exact) mass is 410 g/mol. The molecular formula is C23H27FN4O2. The van der Waals surface area contributed by atoms with Crippen molar-refractivity contribution < 1.29 is 14.0 Å². The van der Waals surface area contributed by atoms with Crippen LogP contribution in [0.1, 0.15) is 12.8 Å². The largest absolute Gasteiger partial charge is 0.368 e. The number of nitrogens with one attached hydrogen (secondary N) is 1. The molecule has 0 aliphatic carbocycles. The van der Waals surface area contributed by atoms with Gasteiger partial charge in [-0.3, -0.25) is 4.79 Å².